The number of nitrogens with zero attached hydrogens (tertiary/aromatic N) is 3. The van der Waals surface area contributed by atoms with Crippen LogP contribution in [0.2, 0.25) is 0 Å². The van der Waals surface area contributed by atoms with Crippen LogP contribution < -0.4 is 0 Å². The molecule has 1 unspecified atom stereocenters. The third kappa shape index (κ3) is 2.62. The Morgan fingerprint density at radius 2 is 2.12 bits per heavy atom. The number of carbonyl (C=O) groups is 2. The maximum absolute atomic E-state index is 12.8. The molecular formula is C19H21N3O3. The summed E-state index contributed by atoms with van der Waals surface area (Å²) in [5.41, 5.74) is 1.40. The lowest BCUT2D eigenvalue weighted by Crippen LogP contribution is -2.52. The third-order valence-corrected chi connectivity index (χ3v) is 5.76. The topological polar surface area (TPSA) is 66.7 Å². The Kier molecular flexibility index (Phi) is 3.82. The van der Waals surface area contributed by atoms with E-state index in [9.17, 15) is 9.59 Å². The van der Waals surface area contributed by atoms with Gasteiger partial charge in [-0.1, -0.05) is 6.07 Å². The zero-order valence-electron chi connectivity index (χ0n) is 14.2. The lowest BCUT2D eigenvalue weighted by atomic mass is 9.81. The highest BCUT2D eigenvalue weighted by molar-refractivity contribution is 5.94. The first-order valence-corrected chi connectivity index (χ1v) is 8.60. The Bertz CT molecular complexity index is 764. The van der Waals surface area contributed by atoms with Crippen LogP contribution in [0.5, 0.6) is 0 Å². The van der Waals surface area contributed by atoms with Crippen molar-refractivity contribution in [3.05, 3.63) is 54.2 Å². The van der Waals surface area contributed by atoms with Crippen LogP contribution in [0.4, 0.5) is 0 Å². The van der Waals surface area contributed by atoms with Crippen LogP contribution in [0.3, 0.4) is 0 Å². The number of hydrogen-bond donors (Lipinski definition) is 0. The molecule has 6 heteroatoms. The predicted molar refractivity (Wildman–Crippen MR) is 90.9 cm³/mol. The number of rotatable bonds is 2. The number of pyridine rings is 1. The number of piperidine rings is 1. The molecule has 2 aromatic heterocycles. The molecule has 2 fully saturated rings. The van der Waals surface area contributed by atoms with Crippen LogP contribution in [-0.2, 0) is 4.79 Å². The summed E-state index contributed by atoms with van der Waals surface area (Å²) in [7, 11) is 1.90. The molecule has 2 aliphatic heterocycles. The molecule has 1 spiro atoms. The lowest BCUT2D eigenvalue weighted by Gasteiger charge is -2.43. The molecule has 6 nitrogen and oxygen atoms in total. The van der Waals surface area contributed by atoms with Crippen LogP contribution >= 0.6 is 0 Å². The Labute approximate surface area is 146 Å². The number of aromatic nitrogens is 1. The maximum Gasteiger partial charge on any atom is 0.257 e. The molecule has 2 saturated heterocycles. The van der Waals surface area contributed by atoms with E-state index in [0.717, 1.165) is 24.8 Å². The fourth-order valence-electron chi connectivity index (χ4n) is 4.15. The van der Waals surface area contributed by atoms with Gasteiger partial charge in [-0.05, 0) is 37.0 Å². The van der Waals surface area contributed by atoms with Gasteiger partial charge in [0.15, 0.2) is 0 Å². The van der Waals surface area contributed by atoms with Gasteiger partial charge < -0.3 is 14.2 Å². The Morgan fingerprint density at radius 3 is 2.76 bits per heavy atom. The van der Waals surface area contributed by atoms with Crippen LogP contribution in [0.25, 0.3) is 0 Å². The van der Waals surface area contributed by atoms with Gasteiger partial charge in [-0.25, -0.2) is 0 Å². The average Bonchev–Trinajstić information content (AvgIpc) is 3.27. The molecule has 0 aromatic carbocycles. The first-order chi connectivity index (χ1) is 12.1. The minimum absolute atomic E-state index is 0.000569. The average molecular weight is 339 g/mol. The molecule has 2 amide bonds. The number of amides is 2. The Morgan fingerprint density at radius 1 is 1.32 bits per heavy atom. The van der Waals surface area contributed by atoms with Gasteiger partial charge in [-0.2, -0.15) is 0 Å². The molecule has 130 valence electrons. The summed E-state index contributed by atoms with van der Waals surface area (Å²) in [5.74, 6) is 0.0248. The highest BCUT2D eigenvalue weighted by atomic mass is 16.3. The number of likely N-dealkylation sites (N-methyl/N-ethyl adjacent to an activating group) is 1. The first-order valence-electron chi connectivity index (χ1n) is 8.60. The maximum atomic E-state index is 12.8. The van der Waals surface area contributed by atoms with E-state index < -0.39 is 0 Å². The quantitative estimate of drug-likeness (QED) is 0.842. The lowest BCUT2D eigenvalue weighted by molar-refractivity contribution is -0.131. The van der Waals surface area contributed by atoms with Crippen molar-refractivity contribution in [2.45, 2.75) is 30.7 Å². The van der Waals surface area contributed by atoms with Crippen molar-refractivity contribution in [3.63, 3.8) is 0 Å². The predicted octanol–water partition coefficient (Wildman–Crippen LogP) is 2.30. The van der Waals surface area contributed by atoms with E-state index in [2.05, 4.69) is 4.98 Å². The Balaban J connectivity index is 1.49. The van der Waals surface area contributed by atoms with E-state index in [1.165, 1.54) is 12.5 Å². The summed E-state index contributed by atoms with van der Waals surface area (Å²) in [4.78, 5) is 33.2. The Hall–Kier alpha value is -2.63. The smallest absolute Gasteiger partial charge is 0.257 e. The molecule has 4 rings (SSSR count). The van der Waals surface area contributed by atoms with E-state index >= 15 is 0 Å². The van der Waals surface area contributed by atoms with Crippen molar-refractivity contribution in [2.75, 3.05) is 20.1 Å². The highest BCUT2D eigenvalue weighted by Gasteiger charge is 2.50. The molecule has 0 radical (unpaired) electrons. The minimum atomic E-state index is -0.162. The fraction of sp³-hybridized carbons (Fsp3) is 0.421. The monoisotopic (exact) mass is 339 g/mol. The summed E-state index contributed by atoms with van der Waals surface area (Å²) in [6.45, 7) is 1.31. The summed E-state index contributed by atoms with van der Waals surface area (Å²) < 4.78 is 5.01. The van der Waals surface area contributed by atoms with Gasteiger partial charge in [0, 0.05) is 38.1 Å². The number of hydrogen-bond acceptors (Lipinski definition) is 4. The van der Waals surface area contributed by atoms with E-state index in [1.807, 2.05) is 29.0 Å². The van der Waals surface area contributed by atoms with E-state index in [1.54, 1.807) is 18.5 Å². The van der Waals surface area contributed by atoms with Gasteiger partial charge in [-0.15, -0.1) is 0 Å². The fourth-order valence-corrected chi connectivity index (χ4v) is 4.15. The van der Waals surface area contributed by atoms with E-state index in [4.69, 9.17) is 4.42 Å². The van der Waals surface area contributed by atoms with E-state index in [0.29, 0.717) is 18.7 Å². The molecule has 25 heavy (non-hydrogen) atoms. The zero-order valence-corrected chi connectivity index (χ0v) is 14.2. The number of likely N-dealkylation sites (tertiary alicyclic amines) is 2. The van der Waals surface area contributed by atoms with Crippen LogP contribution in [0.1, 0.15) is 41.1 Å². The minimum Gasteiger partial charge on any atom is -0.472 e. The third-order valence-electron chi connectivity index (χ3n) is 5.76. The van der Waals surface area contributed by atoms with Gasteiger partial charge in [-0.3, -0.25) is 14.6 Å². The van der Waals surface area contributed by atoms with Gasteiger partial charge >= 0.3 is 0 Å². The molecule has 0 N–H and O–H groups in total. The molecule has 1 atom stereocenters. The molecule has 0 saturated carbocycles. The normalized spacial score (nSPS) is 22.6. The largest absolute Gasteiger partial charge is 0.472 e. The second kappa shape index (κ2) is 6.02. The SMILES string of the molecule is CN1C(=O)C(c2cccnc2)CC12CCN(C(=O)c1ccoc1)CC2. The second-order valence-electron chi connectivity index (χ2n) is 6.97. The molecule has 2 aliphatic rings. The van der Waals surface area contributed by atoms with Crippen molar-refractivity contribution in [1.29, 1.82) is 0 Å². The van der Waals surface area contributed by atoms with Crippen molar-refractivity contribution < 1.29 is 14.0 Å². The molecule has 2 aromatic rings. The first kappa shape index (κ1) is 15.9. The van der Waals surface area contributed by atoms with Crippen molar-refractivity contribution in [1.82, 2.24) is 14.8 Å². The summed E-state index contributed by atoms with van der Waals surface area (Å²) in [5, 5.41) is 0. The van der Waals surface area contributed by atoms with Crippen LogP contribution in [0.15, 0.2) is 47.5 Å². The molecular weight excluding hydrogens is 318 g/mol. The van der Waals surface area contributed by atoms with E-state index in [-0.39, 0.29) is 23.3 Å². The molecule has 4 heterocycles. The van der Waals surface area contributed by atoms with Gasteiger partial charge in [0.1, 0.15) is 6.26 Å². The zero-order chi connectivity index (χ0) is 17.4. The van der Waals surface area contributed by atoms with Crippen LogP contribution in [0, 0.1) is 0 Å². The van der Waals surface area contributed by atoms with Crippen LogP contribution in [-0.4, -0.2) is 52.3 Å². The van der Waals surface area contributed by atoms with Gasteiger partial charge in [0.2, 0.25) is 5.91 Å². The molecule has 0 aliphatic carbocycles. The second-order valence-corrected chi connectivity index (χ2v) is 6.97. The van der Waals surface area contributed by atoms with Crippen molar-refractivity contribution >= 4 is 11.8 Å². The van der Waals surface area contributed by atoms with Crippen molar-refractivity contribution in [3.8, 4) is 0 Å². The summed E-state index contributed by atoms with van der Waals surface area (Å²) >= 11 is 0. The standard InChI is InChI=1S/C19H21N3O3/c1-21-18(24)16(14-3-2-7-20-12-14)11-19(21)5-8-22(9-6-19)17(23)15-4-10-25-13-15/h2-4,7,10,12-13,16H,5-6,8-9,11H2,1H3. The number of furan rings is 1. The highest BCUT2D eigenvalue weighted by Crippen LogP contribution is 2.44. The summed E-state index contributed by atoms with van der Waals surface area (Å²) in [6.07, 6.45) is 8.90. The van der Waals surface area contributed by atoms with Gasteiger partial charge in [0.05, 0.1) is 17.7 Å². The molecule has 0 bridgehead atoms. The number of carbonyl (C=O) groups excluding carboxylic acids is 2. The van der Waals surface area contributed by atoms with Crippen molar-refractivity contribution in [2.24, 2.45) is 0 Å². The van der Waals surface area contributed by atoms with Gasteiger partial charge in [0.25, 0.3) is 5.91 Å². The summed E-state index contributed by atoms with van der Waals surface area (Å²) in [6, 6.07) is 5.54.